The van der Waals surface area contributed by atoms with Crippen LogP contribution in [0.1, 0.15) is 66.2 Å². The Bertz CT molecular complexity index is 398. The molecule has 112 valence electrons. The van der Waals surface area contributed by atoms with E-state index in [0.717, 1.165) is 23.7 Å². The molecule has 0 nitrogen and oxygen atoms in total. The highest BCUT2D eigenvalue weighted by Crippen LogP contribution is 2.56. The van der Waals surface area contributed by atoms with Gasteiger partial charge in [0.05, 0.1) is 0 Å². The maximum Gasteiger partial charge on any atom is -0.0138 e. The van der Waals surface area contributed by atoms with Crippen molar-refractivity contribution in [2.24, 2.45) is 34.5 Å². The summed E-state index contributed by atoms with van der Waals surface area (Å²) in [6, 6.07) is 0. The molecule has 5 unspecified atom stereocenters. The van der Waals surface area contributed by atoms with Crippen LogP contribution in [0.3, 0.4) is 0 Å². The predicted octanol–water partition coefficient (Wildman–Crippen LogP) is 6.00. The molecule has 20 heavy (non-hydrogen) atoms. The summed E-state index contributed by atoms with van der Waals surface area (Å²) in [6.45, 7) is 9.44. The van der Waals surface area contributed by atoms with Crippen molar-refractivity contribution in [2.75, 3.05) is 0 Å². The Morgan fingerprint density at radius 2 is 1.65 bits per heavy atom. The average Bonchev–Trinajstić information content (AvgIpc) is 3.07. The van der Waals surface area contributed by atoms with Crippen LogP contribution >= 0.6 is 0 Å². The van der Waals surface area contributed by atoms with E-state index in [0.29, 0.717) is 10.8 Å². The van der Waals surface area contributed by atoms with Crippen molar-refractivity contribution < 1.29 is 0 Å². The second-order valence-corrected chi connectivity index (χ2v) is 8.99. The zero-order valence-electron chi connectivity index (χ0n) is 13.9. The fourth-order valence-corrected chi connectivity index (χ4v) is 5.13. The number of hydrogen-bond donors (Lipinski definition) is 0. The molecule has 0 radical (unpaired) electrons. The van der Waals surface area contributed by atoms with Gasteiger partial charge >= 0.3 is 0 Å². The van der Waals surface area contributed by atoms with Crippen LogP contribution in [0, 0.1) is 34.5 Å². The van der Waals surface area contributed by atoms with Crippen molar-refractivity contribution >= 4 is 0 Å². The minimum absolute atomic E-state index is 0.592. The largest absolute Gasteiger partial charge is 0.0851 e. The van der Waals surface area contributed by atoms with Gasteiger partial charge in [0.15, 0.2) is 0 Å². The van der Waals surface area contributed by atoms with Crippen LogP contribution in [0.15, 0.2) is 24.3 Å². The summed E-state index contributed by atoms with van der Waals surface area (Å²) in [5.74, 6) is 3.85. The Hall–Kier alpha value is -0.520. The third kappa shape index (κ3) is 2.90. The molecule has 0 aromatic carbocycles. The summed E-state index contributed by atoms with van der Waals surface area (Å²) in [5.41, 5.74) is 1.18. The molecule has 0 amide bonds. The maximum atomic E-state index is 2.46. The van der Waals surface area contributed by atoms with Crippen LogP contribution in [-0.4, -0.2) is 0 Å². The van der Waals surface area contributed by atoms with Gasteiger partial charge in [-0.25, -0.2) is 0 Å². The van der Waals surface area contributed by atoms with Crippen molar-refractivity contribution in [2.45, 2.75) is 66.2 Å². The minimum atomic E-state index is 0.592. The molecule has 2 saturated carbocycles. The first-order chi connectivity index (χ1) is 9.38. The van der Waals surface area contributed by atoms with Crippen LogP contribution in [-0.2, 0) is 0 Å². The molecule has 0 aromatic heterocycles. The van der Waals surface area contributed by atoms with Gasteiger partial charge in [0, 0.05) is 0 Å². The first-order valence-electron chi connectivity index (χ1n) is 8.76. The molecule has 0 aliphatic heterocycles. The van der Waals surface area contributed by atoms with Crippen LogP contribution in [0.2, 0.25) is 0 Å². The Morgan fingerprint density at radius 1 is 1.00 bits per heavy atom. The van der Waals surface area contributed by atoms with Gasteiger partial charge in [-0.05, 0) is 73.0 Å². The standard InChI is InChI=1S/C11H18.C9H14/c1-8(2)5-11-7-9-3-4-10(11)6-9;1-8-3-5-9(2,7-8)6-4-8/h3-4,8-11H,5-7H2,1-2H3;3,5H,4,6-7H2,1-2H3. The highest BCUT2D eigenvalue weighted by molar-refractivity contribution is 5.19. The Balaban J connectivity index is 0.000000123. The van der Waals surface area contributed by atoms with Crippen LogP contribution in [0.25, 0.3) is 0 Å². The average molecular weight is 272 g/mol. The van der Waals surface area contributed by atoms with Crippen molar-refractivity contribution in [3.8, 4) is 0 Å². The first kappa shape index (κ1) is 14.4. The van der Waals surface area contributed by atoms with Crippen LogP contribution in [0.4, 0.5) is 0 Å². The molecule has 5 atom stereocenters. The zero-order valence-corrected chi connectivity index (χ0v) is 13.9. The molecule has 0 heterocycles. The SMILES string of the molecule is CC(C)CC1CC2C=CC1C2.CC12C=CC(C)(CC1)C2. The van der Waals surface area contributed by atoms with Crippen LogP contribution in [0.5, 0.6) is 0 Å². The second kappa shape index (κ2) is 5.04. The van der Waals surface area contributed by atoms with Gasteiger partial charge in [-0.1, -0.05) is 52.0 Å². The lowest BCUT2D eigenvalue weighted by Gasteiger charge is -2.19. The third-order valence-electron chi connectivity index (χ3n) is 6.15. The smallest absolute Gasteiger partial charge is 0.0138 e. The molecule has 4 rings (SSSR count). The van der Waals surface area contributed by atoms with Gasteiger partial charge in [-0.2, -0.15) is 0 Å². The Kier molecular flexibility index (Phi) is 3.63. The second-order valence-electron chi connectivity index (χ2n) is 8.99. The number of allylic oxidation sites excluding steroid dienone is 4. The summed E-state index contributed by atoms with van der Waals surface area (Å²) in [7, 11) is 0. The molecule has 4 aliphatic carbocycles. The van der Waals surface area contributed by atoms with Crippen molar-refractivity contribution in [1.82, 2.24) is 0 Å². The minimum Gasteiger partial charge on any atom is -0.0851 e. The quantitative estimate of drug-likeness (QED) is 0.541. The highest BCUT2D eigenvalue weighted by atomic mass is 14.5. The highest BCUT2D eigenvalue weighted by Gasteiger charge is 2.44. The van der Waals surface area contributed by atoms with Crippen molar-refractivity contribution in [1.29, 1.82) is 0 Å². The van der Waals surface area contributed by atoms with E-state index >= 15 is 0 Å². The topological polar surface area (TPSA) is 0 Å². The van der Waals surface area contributed by atoms with E-state index in [2.05, 4.69) is 52.0 Å². The zero-order chi connectivity index (χ0) is 14.4. The molecule has 0 heteroatoms. The van der Waals surface area contributed by atoms with Gasteiger partial charge in [0.1, 0.15) is 0 Å². The van der Waals surface area contributed by atoms with Gasteiger partial charge in [-0.3, -0.25) is 0 Å². The molecule has 4 aliphatic rings. The monoisotopic (exact) mass is 272 g/mol. The lowest BCUT2D eigenvalue weighted by atomic mass is 9.86. The fraction of sp³-hybridized carbons (Fsp3) is 0.800. The lowest BCUT2D eigenvalue weighted by Crippen LogP contribution is -2.09. The molecule has 4 bridgehead atoms. The van der Waals surface area contributed by atoms with Crippen molar-refractivity contribution in [3.63, 3.8) is 0 Å². The first-order valence-corrected chi connectivity index (χ1v) is 8.76. The fourth-order valence-electron chi connectivity index (χ4n) is 5.13. The van der Waals surface area contributed by atoms with E-state index < -0.39 is 0 Å². The van der Waals surface area contributed by atoms with E-state index in [1.165, 1.54) is 38.5 Å². The number of hydrogen-bond acceptors (Lipinski definition) is 0. The third-order valence-corrected chi connectivity index (χ3v) is 6.15. The maximum absolute atomic E-state index is 2.46. The van der Waals surface area contributed by atoms with E-state index in [9.17, 15) is 0 Å². The van der Waals surface area contributed by atoms with Gasteiger partial charge in [0.25, 0.3) is 0 Å². The van der Waals surface area contributed by atoms with E-state index in [1.807, 2.05) is 0 Å². The molecule has 0 N–H and O–H groups in total. The lowest BCUT2D eigenvalue weighted by molar-refractivity contribution is 0.359. The summed E-state index contributed by atoms with van der Waals surface area (Å²) in [6.07, 6.45) is 18.4. The molecule has 2 fully saturated rings. The van der Waals surface area contributed by atoms with E-state index in [-0.39, 0.29) is 0 Å². The van der Waals surface area contributed by atoms with Gasteiger partial charge < -0.3 is 0 Å². The van der Waals surface area contributed by atoms with E-state index in [1.54, 1.807) is 0 Å². The number of rotatable bonds is 2. The Morgan fingerprint density at radius 3 is 1.95 bits per heavy atom. The van der Waals surface area contributed by atoms with Crippen LogP contribution < -0.4 is 0 Å². The van der Waals surface area contributed by atoms with E-state index in [4.69, 9.17) is 0 Å². The van der Waals surface area contributed by atoms with Gasteiger partial charge in [-0.15, -0.1) is 0 Å². The molecule has 0 saturated heterocycles. The molecule has 0 aromatic rings. The van der Waals surface area contributed by atoms with Gasteiger partial charge in [0.2, 0.25) is 0 Å². The summed E-state index contributed by atoms with van der Waals surface area (Å²) in [4.78, 5) is 0. The number of fused-ring (bicyclic) bond motifs is 4. The molecule has 0 spiro atoms. The predicted molar refractivity (Wildman–Crippen MR) is 87.5 cm³/mol. The summed E-state index contributed by atoms with van der Waals surface area (Å²) in [5, 5.41) is 0. The molecular weight excluding hydrogens is 240 g/mol. The molecular formula is C20H32. The normalized spacial score (nSPS) is 47.1. The Labute approximate surface area is 125 Å². The summed E-state index contributed by atoms with van der Waals surface area (Å²) >= 11 is 0. The van der Waals surface area contributed by atoms with Crippen molar-refractivity contribution in [3.05, 3.63) is 24.3 Å². The summed E-state index contributed by atoms with van der Waals surface area (Å²) < 4.78 is 0.